The van der Waals surface area contributed by atoms with Crippen LogP contribution in [0.25, 0.3) is 0 Å². The second kappa shape index (κ2) is 4.77. The van der Waals surface area contributed by atoms with Gasteiger partial charge in [-0.15, -0.1) is 0 Å². The maximum atomic E-state index is 11.9. The summed E-state index contributed by atoms with van der Waals surface area (Å²) in [7, 11) is 3.69. The van der Waals surface area contributed by atoms with E-state index in [-0.39, 0.29) is 5.91 Å². The van der Waals surface area contributed by atoms with Crippen molar-refractivity contribution in [2.45, 2.75) is 32.8 Å². The van der Waals surface area contributed by atoms with E-state index >= 15 is 0 Å². The van der Waals surface area contributed by atoms with E-state index in [0.29, 0.717) is 18.5 Å². The third-order valence-electron chi connectivity index (χ3n) is 2.15. The Bertz CT molecular complexity index is 353. The highest BCUT2D eigenvalue weighted by molar-refractivity contribution is 6.04. The molecule has 96 valence electrons. The van der Waals surface area contributed by atoms with E-state index in [4.69, 9.17) is 4.74 Å². The summed E-state index contributed by atoms with van der Waals surface area (Å²) in [5, 5.41) is 0. The second-order valence-electron chi connectivity index (χ2n) is 5.31. The summed E-state index contributed by atoms with van der Waals surface area (Å²) >= 11 is 0. The van der Waals surface area contributed by atoms with Gasteiger partial charge in [0.15, 0.2) is 0 Å². The normalized spacial score (nSPS) is 18.8. The minimum Gasteiger partial charge on any atom is -0.443 e. The summed E-state index contributed by atoms with van der Waals surface area (Å²) in [4.78, 5) is 26.6. The van der Waals surface area contributed by atoms with Gasteiger partial charge in [0.25, 0.3) is 5.91 Å². The number of ether oxygens (including phenoxy) is 1. The number of amides is 2. The summed E-state index contributed by atoms with van der Waals surface area (Å²) in [6.45, 7) is 5.74. The molecule has 0 saturated carbocycles. The van der Waals surface area contributed by atoms with E-state index in [2.05, 4.69) is 0 Å². The molecule has 0 bridgehead atoms. The molecule has 0 N–H and O–H groups in total. The molecule has 0 spiro atoms. The van der Waals surface area contributed by atoms with E-state index in [0.717, 1.165) is 4.90 Å². The largest absolute Gasteiger partial charge is 0.443 e. The van der Waals surface area contributed by atoms with Gasteiger partial charge >= 0.3 is 6.09 Å². The fraction of sp³-hybridized carbons (Fsp3) is 0.667. The van der Waals surface area contributed by atoms with Crippen LogP contribution in [0.1, 0.15) is 27.2 Å². The topological polar surface area (TPSA) is 49.9 Å². The van der Waals surface area contributed by atoms with E-state index in [1.807, 2.05) is 14.1 Å². The summed E-state index contributed by atoms with van der Waals surface area (Å²) in [6, 6.07) is 0. The minimum absolute atomic E-state index is 0.257. The summed E-state index contributed by atoms with van der Waals surface area (Å²) < 4.78 is 5.17. The van der Waals surface area contributed by atoms with Crippen LogP contribution in [0.5, 0.6) is 0 Å². The van der Waals surface area contributed by atoms with Crippen molar-refractivity contribution in [3.63, 3.8) is 0 Å². The summed E-state index contributed by atoms with van der Waals surface area (Å²) in [5.41, 5.74) is 0.0617. The summed E-state index contributed by atoms with van der Waals surface area (Å²) in [6.07, 6.45) is 1.76. The molecule has 0 unspecified atom stereocenters. The molecule has 0 aromatic heterocycles. The Morgan fingerprint density at radius 2 is 2.00 bits per heavy atom. The molecule has 1 aliphatic rings. The van der Waals surface area contributed by atoms with Crippen molar-refractivity contribution < 1.29 is 14.3 Å². The molecule has 1 aliphatic heterocycles. The van der Waals surface area contributed by atoms with Crippen LogP contribution in [-0.4, -0.2) is 48.0 Å². The number of likely N-dealkylation sites (tertiary alicyclic amines) is 1. The molecule has 1 heterocycles. The van der Waals surface area contributed by atoms with Crippen molar-refractivity contribution in [3.8, 4) is 0 Å². The molecule has 0 aromatic rings. The average molecular weight is 240 g/mol. The molecular weight excluding hydrogens is 220 g/mol. The minimum atomic E-state index is -0.578. The van der Waals surface area contributed by atoms with Crippen LogP contribution in [0, 0.1) is 0 Å². The molecule has 0 aliphatic carbocycles. The van der Waals surface area contributed by atoms with Crippen molar-refractivity contribution in [1.29, 1.82) is 0 Å². The van der Waals surface area contributed by atoms with E-state index in [1.54, 1.807) is 31.9 Å². The monoisotopic (exact) mass is 240 g/mol. The number of hydrogen-bond donors (Lipinski definition) is 0. The maximum Gasteiger partial charge on any atom is 0.417 e. The highest BCUT2D eigenvalue weighted by Gasteiger charge is 2.34. The van der Waals surface area contributed by atoms with Gasteiger partial charge in [-0.2, -0.15) is 0 Å². The fourth-order valence-electron chi connectivity index (χ4n) is 1.54. The zero-order valence-electron chi connectivity index (χ0n) is 11.1. The van der Waals surface area contributed by atoms with Gasteiger partial charge in [-0.1, -0.05) is 0 Å². The van der Waals surface area contributed by atoms with E-state index in [1.165, 1.54) is 0 Å². The number of hydrogen-bond acceptors (Lipinski definition) is 4. The lowest BCUT2D eigenvalue weighted by atomic mass is 10.2. The Morgan fingerprint density at radius 3 is 2.47 bits per heavy atom. The lowest BCUT2D eigenvalue weighted by Gasteiger charge is -2.23. The standard InChI is InChI=1S/C12H20N2O3/c1-12(2,3)17-11(16)14-7-6-9(10(14)15)8-13(4)5/h8H,6-7H2,1-5H3. The van der Waals surface area contributed by atoms with Gasteiger partial charge in [0.1, 0.15) is 5.60 Å². The van der Waals surface area contributed by atoms with Gasteiger partial charge in [0.2, 0.25) is 0 Å². The van der Waals surface area contributed by atoms with Crippen LogP contribution >= 0.6 is 0 Å². The van der Waals surface area contributed by atoms with Crippen LogP contribution in [0.2, 0.25) is 0 Å². The Kier molecular flexibility index (Phi) is 3.80. The average Bonchev–Trinajstić information content (AvgIpc) is 2.44. The number of imide groups is 1. The number of nitrogens with zero attached hydrogens (tertiary/aromatic N) is 2. The van der Waals surface area contributed by atoms with Crippen LogP contribution < -0.4 is 0 Å². The smallest absolute Gasteiger partial charge is 0.417 e. The Labute approximate surface area is 102 Å². The molecule has 17 heavy (non-hydrogen) atoms. The van der Waals surface area contributed by atoms with Crippen LogP contribution in [-0.2, 0) is 9.53 Å². The molecule has 1 saturated heterocycles. The highest BCUT2D eigenvalue weighted by Crippen LogP contribution is 2.20. The van der Waals surface area contributed by atoms with Gasteiger partial charge < -0.3 is 9.64 Å². The first-order valence-corrected chi connectivity index (χ1v) is 5.62. The Morgan fingerprint density at radius 1 is 1.41 bits per heavy atom. The van der Waals surface area contributed by atoms with Crippen molar-refractivity contribution in [3.05, 3.63) is 11.8 Å². The highest BCUT2D eigenvalue weighted by atomic mass is 16.6. The molecular formula is C12H20N2O3. The first-order chi connectivity index (χ1) is 7.70. The van der Waals surface area contributed by atoms with E-state index in [9.17, 15) is 9.59 Å². The second-order valence-corrected chi connectivity index (χ2v) is 5.31. The van der Waals surface area contributed by atoms with E-state index < -0.39 is 11.7 Å². The molecule has 0 aromatic carbocycles. The predicted octanol–water partition coefficient (Wildman–Crippen LogP) is 1.60. The molecule has 1 rings (SSSR count). The van der Waals surface area contributed by atoms with Gasteiger partial charge in [-0.05, 0) is 27.2 Å². The number of carbonyl (C=O) groups excluding carboxylic acids is 2. The lowest BCUT2D eigenvalue weighted by molar-refractivity contribution is -0.124. The summed E-state index contributed by atoms with van der Waals surface area (Å²) in [5.74, 6) is -0.257. The first-order valence-electron chi connectivity index (χ1n) is 5.62. The van der Waals surface area contributed by atoms with Crippen molar-refractivity contribution in [1.82, 2.24) is 9.80 Å². The predicted molar refractivity (Wildman–Crippen MR) is 64.3 cm³/mol. The number of rotatable bonds is 1. The van der Waals surface area contributed by atoms with Crippen molar-refractivity contribution in [2.75, 3.05) is 20.6 Å². The maximum absolute atomic E-state index is 11.9. The quantitative estimate of drug-likeness (QED) is 0.653. The zero-order valence-corrected chi connectivity index (χ0v) is 11.1. The van der Waals surface area contributed by atoms with Gasteiger partial charge in [-0.3, -0.25) is 4.79 Å². The Balaban J connectivity index is 2.71. The van der Waals surface area contributed by atoms with Crippen LogP contribution in [0.15, 0.2) is 11.8 Å². The SMILES string of the molecule is CN(C)C=C1CCN(C(=O)OC(C)(C)C)C1=O. The fourth-order valence-corrected chi connectivity index (χ4v) is 1.54. The van der Waals surface area contributed by atoms with Gasteiger partial charge in [0.05, 0.1) is 0 Å². The molecule has 0 atom stereocenters. The van der Waals surface area contributed by atoms with Gasteiger partial charge in [0, 0.05) is 32.4 Å². The third-order valence-corrected chi connectivity index (χ3v) is 2.15. The Hall–Kier alpha value is -1.52. The van der Waals surface area contributed by atoms with Crippen LogP contribution in [0.3, 0.4) is 0 Å². The molecule has 1 fully saturated rings. The van der Waals surface area contributed by atoms with Crippen molar-refractivity contribution >= 4 is 12.0 Å². The molecule has 5 heteroatoms. The first kappa shape index (κ1) is 13.5. The molecule has 0 radical (unpaired) electrons. The molecule has 5 nitrogen and oxygen atoms in total. The number of carbonyl (C=O) groups is 2. The zero-order chi connectivity index (χ0) is 13.2. The van der Waals surface area contributed by atoms with Gasteiger partial charge in [-0.25, -0.2) is 9.69 Å². The third kappa shape index (κ3) is 3.76. The van der Waals surface area contributed by atoms with Crippen LogP contribution in [0.4, 0.5) is 4.79 Å². The lowest BCUT2D eigenvalue weighted by Crippen LogP contribution is -2.37. The molecule has 2 amide bonds. The van der Waals surface area contributed by atoms with Crippen molar-refractivity contribution in [2.24, 2.45) is 0 Å².